The normalized spacial score (nSPS) is 44.9. The highest BCUT2D eigenvalue weighted by molar-refractivity contribution is 5.81. The first-order chi connectivity index (χ1) is 5.53. The largest absolute Gasteiger partial charge is 0.299 e. The summed E-state index contributed by atoms with van der Waals surface area (Å²) in [5.41, 5.74) is 0.482. The van der Waals surface area contributed by atoms with Crippen LogP contribution in [0.2, 0.25) is 0 Å². The molecule has 2 aliphatic carbocycles. The van der Waals surface area contributed by atoms with Gasteiger partial charge in [-0.15, -0.1) is 0 Å². The first-order valence-corrected chi connectivity index (χ1v) is 5.06. The minimum Gasteiger partial charge on any atom is -0.299 e. The maximum absolute atomic E-state index is 11.5. The van der Waals surface area contributed by atoms with Gasteiger partial charge in [0.15, 0.2) is 0 Å². The van der Waals surface area contributed by atoms with Crippen LogP contribution < -0.4 is 0 Å². The smallest absolute Gasteiger partial charge is 0.136 e. The van der Waals surface area contributed by atoms with Crippen molar-refractivity contribution in [3.8, 4) is 0 Å². The Morgan fingerprint density at radius 3 is 2.58 bits per heavy atom. The second-order valence-electron chi connectivity index (χ2n) is 5.18. The summed E-state index contributed by atoms with van der Waals surface area (Å²) in [5.74, 6) is 2.42. The summed E-state index contributed by atoms with van der Waals surface area (Å²) >= 11 is 0. The summed E-state index contributed by atoms with van der Waals surface area (Å²) in [7, 11) is 0. The zero-order valence-electron chi connectivity index (χ0n) is 8.26. The average Bonchev–Trinajstić information content (AvgIpc) is 2.53. The highest BCUT2D eigenvalue weighted by Gasteiger charge is 2.58. The molecule has 0 saturated heterocycles. The molecule has 0 spiro atoms. The number of hydrogen-bond donors (Lipinski definition) is 0. The van der Waals surface area contributed by atoms with Crippen LogP contribution in [0, 0.1) is 23.2 Å². The Bertz CT molecular complexity index is 217. The van der Waals surface area contributed by atoms with E-state index in [2.05, 4.69) is 20.8 Å². The monoisotopic (exact) mass is 166 g/mol. The second kappa shape index (κ2) is 2.34. The van der Waals surface area contributed by atoms with Gasteiger partial charge in [-0.25, -0.2) is 0 Å². The molecule has 2 saturated carbocycles. The van der Waals surface area contributed by atoms with E-state index in [1.54, 1.807) is 0 Å². The minimum absolute atomic E-state index is 0.341. The average molecular weight is 166 g/mol. The van der Waals surface area contributed by atoms with Gasteiger partial charge in [0.1, 0.15) is 5.78 Å². The molecule has 0 radical (unpaired) electrons. The van der Waals surface area contributed by atoms with Crippen LogP contribution in [0.25, 0.3) is 0 Å². The standard InChI is InChI=1S/C11H18O/c1-7-4-5-8-9(6-10(7)12)11(8,2)3/h7-9H,4-6H2,1-3H3/t7-,8+,9-/m0/s1. The second-order valence-corrected chi connectivity index (χ2v) is 5.18. The molecule has 2 aliphatic rings. The van der Waals surface area contributed by atoms with Crippen molar-refractivity contribution in [2.75, 3.05) is 0 Å². The van der Waals surface area contributed by atoms with Crippen molar-refractivity contribution < 1.29 is 4.79 Å². The van der Waals surface area contributed by atoms with Crippen molar-refractivity contribution in [3.63, 3.8) is 0 Å². The van der Waals surface area contributed by atoms with E-state index in [4.69, 9.17) is 0 Å². The van der Waals surface area contributed by atoms with E-state index in [9.17, 15) is 4.79 Å². The summed E-state index contributed by atoms with van der Waals surface area (Å²) in [6.07, 6.45) is 3.27. The lowest BCUT2D eigenvalue weighted by atomic mass is 9.94. The predicted molar refractivity (Wildman–Crippen MR) is 48.8 cm³/mol. The van der Waals surface area contributed by atoms with Gasteiger partial charge < -0.3 is 0 Å². The molecule has 0 aliphatic heterocycles. The Morgan fingerprint density at radius 1 is 1.25 bits per heavy atom. The first kappa shape index (κ1) is 8.28. The molecule has 0 unspecified atom stereocenters. The lowest BCUT2D eigenvalue weighted by Gasteiger charge is -2.10. The van der Waals surface area contributed by atoms with Gasteiger partial charge in [0.25, 0.3) is 0 Å². The highest BCUT2D eigenvalue weighted by Crippen LogP contribution is 2.63. The maximum Gasteiger partial charge on any atom is 0.136 e. The zero-order valence-corrected chi connectivity index (χ0v) is 8.26. The van der Waals surface area contributed by atoms with Crippen LogP contribution in [-0.4, -0.2) is 5.78 Å². The summed E-state index contributed by atoms with van der Waals surface area (Å²) in [5, 5.41) is 0. The molecular formula is C11H18O. The molecule has 0 N–H and O–H groups in total. The molecular weight excluding hydrogens is 148 g/mol. The van der Waals surface area contributed by atoms with Crippen LogP contribution >= 0.6 is 0 Å². The first-order valence-electron chi connectivity index (χ1n) is 5.06. The fourth-order valence-electron chi connectivity index (χ4n) is 2.84. The van der Waals surface area contributed by atoms with Crippen LogP contribution in [0.4, 0.5) is 0 Å². The quantitative estimate of drug-likeness (QED) is 0.540. The van der Waals surface area contributed by atoms with Crippen molar-refractivity contribution in [3.05, 3.63) is 0 Å². The van der Waals surface area contributed by atoms with Crippen LogP contribution in [0.15, 0.2) is 0 Å². The molecule has 68 valence electrons. The molecule has 0 aromatic carbocycles. The lowest BCUT2D eigenvalue weighted by molar-refractivity contribution is -0.122. The Hall–Kier alpha value is -0.330. The molecule has 1 nitrogen and oxygen atoms in total. The fraction of sp³-hybridized carbons (Fsp3) is 0.909. The summed E-state index contributed by atoms with van der Waals surface area (Å²) in [6, 6.07) is 0. The Balaban J connectivity index is 2.09. The van der Waals surface area contributed by atoms with Gasteiger partial charge in [-0.3, -0.25) is 4.79 Å². The molecule has 3 atom stereocenters. The zero-order chi connectivity index (χ0) is 8.93. The van der Waals surface area contributed by atoms with E-state index >= 15 is 0 Å². The van der Waals surface area contributed by atoms with Crippen molar-refractivity contribution in [1.82, 2.24) is 0 Å². The summed E-state index contributed by atoms with van der Waals surface area (Å²) < 4.78 is 0. The van der Waals surface area contributed by atoms with Gasteiger partial charge in [0.05, 0.1) is 0 Å². The number of carbonyl (C=O) groups excluding carboxylic acids is 1. The summed E-state index contributed by atoms with van der Waals surface area (Å²) in [4.78, 5) is 11.5. The van der Waals surface area contributed by atoms with E-state index in [-0.39, 0.29) is 0 Å². The third-order valence-corrected chi connectivity index (χ3v) is 4.17. The van der Waals surface area contributed by atoms with Crippen molar-refractivity contribution >= 4 is 5.78 Å². The number of hydrogen-bond acceptors (Lipinski definition) is 1. The number of carbonyl (C=O) groups is 1. The Labute approximate surface area is 74.5 Å². The third-order valence-electron chi connectivity index (χ3n) is 4.17. The van der Waals surface area contributed by atoms with E-state index in [0.29, 0.717) is 17.1 Å². The number of ketones is 1. The van der Waals surface area contributed by atoms with Gasteiger partial charge in [-0.1, -0.05) is 20.8 Å². The van der Waals surface area contributed by atoms with Crippen molar-refractivity contribution in [2.24, 2.45) is 23.2 Å². The molecule has 0 aromatic heterocycles. The molecule has 2 rings (SSSR count). The fourth-order valence-corrected chi connectivity index (χ4v) is 2.84. The number of fused-ring (bicyclic) bond motifs is 1. The SMILES string of the molecule is C[C@H]1CC[C@@H]2[C@H](CC1=O)C2(C)C. The van der Waals surface area contributed by atoms with Crippen LogP contribution in [0.1, 0.15) is 40.0 Å². The molecule has 0 aromatic rings. The van der Waals surface area contributed by atoms with Crippen LogP contribution in [0.3, 0.4) is 0 Å². The van der Waals surface area contributed by atoms with Gasteiger partial charge >= 0.3 is 0 Å². The van der Waals surface area contributed by atoms with Crippen LogP contribution in [0.5, 0.6) is 0 Å². The molecule has 1 heteroatoms. The third kappa shape index (κ3) is 1.02. The van der Waals surface area contributed by atoms with Gasteiger partial charge in [-0.2, -0.15) is 0 Å². The minimum atomic E-state index is 0.341. The van der Waals surface area contributed by atoms with Crippen molar-refractivity contribution in [2.45, 2.75) is 40.0 Å². The van der Waals surface area contributed by atoms with E-state index in [0.717, 1.165) is 24.7 Å². The number of Topliss-reactive ketones (excluding diaryl/α,β-unsaturated/α-hetero) is 1. The summed E-state index contributed by atoms with van der Waals surface area (Å²) in [6.45, 7) is 6.71. The lowest BCUT2D eigenvalue weighted by Crippen LogP contribution is -2.11. The topological polar surface area (TPSA) is 17.1 Å². The van der Waals surface area contributed by atoms with E-state index < -0.39 is 0 Å². The Morgan fingerprint density at radius 2 is 1.92 bits per heavy atom. The molecule has 0 bridgehead atoms. The maximum atomic E-state index is 11.5. The molecule has 2 fully saturated rings. The van der Waals surface area contributed by atoms with Gasteiger partial charge in [0, 0.05) is 12.3 Å². The van der Waals surface area contributed by atoms with Gasteiger partial charge in [-0.05, 0) is 30.1 Å². The molecule has 0 heterocycles. The van der Waals surface area contributed by atoms with Crippen LogP contribution in [-0.2, 0) is 4.79 Å². The highest BCUT2D eigenvalue weighted by atomic mass is 16.1. The molecule has 0 amide bonds. The predicted octanol–water partition coefficient (Wildman–Crippen LogP) is 2.65. The Kier molecular flexibility index (Phi) is 1.61. The number of rotatable bonds is 0. The van der Waals surface area contributed by atoms with Crippen molar-refractivity contribution in [1.29, 1.82) is 0 Å². The van der Waals surface area contributed by atoms with E-state index in [1.165, 1.54) is 6.42 Å². The van der Waals surface area contributed by atoms with E-state index in [1.807, 2.05) is 0 Å². The van der Waals surface area contributed by atoms with Gasteiger partial charge in [0.2, 0.25) is 0 Å². The molecule has 12 heavy (non-hydrogen) atoms.